The van der Waals surface area contributed by atoms with Crippen LogP contribution >= 0.6 is 0 Å². The average molecular weight is 283 g/mol. The van der Waals surface area contributed by atoms with Gasteiger partial charge in [0.05, 0.1) is 10.9 Å². The van der Waals surface area contributed by atoms with Crippen LogP contribution in [0.5, 0.6) is 0 Å². The van der Waals surface area contributed by atoms with Crippen LogP contribution in [0.2, 0.25) is 0 Å². The molecule has 3 heterocycles. The van der Waals surface area contributed by atoms with Gasteiger partial charge in [0.25, 0.3) is 5.56 Å². The Labute approximate surface area is 124 Å². The lowest BCUT2D eigenvalue weighted by Gasteiger charge is -2.44. The summed E-state index contributed by atoms with van der Waals surface area (Å²) in [6.45, 7) is 5.33. The van der Waals surface area contributed by atoms with Gasteiger partial charge in [0, 0.05) is 18.5 Å². The summed E-state index contributed by atoms with van der Waals surface area (Å²) >= 11 is 0. The van der Waals surface area contributed by atoms with Crippen molar-refractivity contribution in [3.63, 3.8) is 0 Å². The van der Waals surface area contributed by atoms with E-state index in [-0.39, 0.29) is 5.56 Å². The number of piperidine rings is 1. The molecular formula is C17H21N3O. The van der Waals surface area contributed by atoms with Gasteiger partial charge in [-0.05, 0) is 44.5 Å². The first-order valence-corrected chi connectivity index (χ1v) is 8.03. The molecule has 4 heteroatoms. The highest BCUT2D eigenvalue weighted by molar-refractivity contribution is 5.77. The first-order chi connectivity index (χ1) is 10.3. The molecule has 4 nitrogen and oxygen atoms in total. The van der Waals surface area contributed by atoms with Crippen molar-refractivity contribution in [2.24, 2.45) is 0 Å². The largest absolute Gasteiger partial charge is 0.300 e. The molecule has 1 aromatic carbocycles. The zero-order valence-electron chi connectivity index (χ0n) is 12.5. The number of hydrogen-bond acceptors (Lipinski definition) is 3. The molecule has 2 aromatic rings. The lowest BCUT2D eigenvalue weighted by Crippen LogP contribution is -2.49. The molecule has 0 N–H and O–H groups in total. The van der Waals surface area contributed by atoms with Crippen LogP contribution in [-0.4, -0.2) is 33.6 Å². The Morgan fingerprint density at radius 3 is 2.95 bits per heavy atom. The molecule has 1 aromatic heterocycles. The molecule has 110 valence electrons. The minimum absolute atomic E-state index is 0.141. The summed E-state index contributed by atoms with van der Waals surface area (Å²) < 4.78 is 1.93. The standard InChI is InChI=1S/C17H21N3O/c1-2-19-10-5-7-13-15(19)9-11-20-16(13)18-14-8-4-3-6-12(14)17(20)21/h3-4,6,8,13,15H,2,5,7,9-11H2,1H3/t13-,15-/m1/s1. The summed E-state index contributed by atoms with van der Waals surface area (Å²) in [6, 6.07) is 8.30. The van der Waals surface area contributed by atoms with E-state index in [1.165, 1.54) is 13.0 Å². The molecule has 4 rings (SSSR count). The Morgan fingerprint density at radius 1 is 1.24 bits per heavy atom. The molecule has 1 saturated heterocycles. The van der Waals surface area contributed by atoms with Gasteiger partial charge in [-0.15, -0.1) is 0 Å². The maximum Gasteiger partial charge on any atom is 0.261 e. The third kappa shape index (κ3) is 1.93. The van der Waals surface area contributed by atoms with Crippen LogP contribution in [0, 0.1) is 0 Å². The fraction of sp³-hybridized carbons (Fsp3) is 0.529. The molecule has 2 aliphatic rings. The number of likely N-dealkylation sites (N-methyl/N-ethyl adjacent to an activating group) is 1. The fourth-order valence-corrected chi connectivity index (χ4v) is 4.15. The van der Waals surface area contributed by atoms with Crippen LogP contribution in [-0.2, 0) is 6.54 Å². The van der Waals surface area contributed by atoms with E-state index in [4.69, 9.17) is 4.98 Å². The number of hydrogen-bond donors (Lipinski definition) is 0. The lowest BCUT2D eigenvalue weighted by atomic mass is 9.84. The Hall–Kier alpha value is -1.68. The van der Waals surface area contributed by atoms with Crippen molar-refractivity contribution < 1.29 is 0 Å². The van der Waals surface area contributed by atoms with Crippen molar-refractivity contribution in [3.8, 4) is 0 Å². The Balaban J connectivity index is 1.89. The summed E-state index contributed by atoms with van der Waals surface area (Å²) in [4.78, 5) is 20.1. The van der Waals surface area contributed by atoms with Crippen LogP contribution in [0.15, 0.2) is 29.1 Å². The number of likely N-dealkylation sites (tertiary alicyclic amines) is 1. The quantitative estimate of drug-likeness (QED) is 0.806. The van der Waals surface area contributed by atoms with Crippen LogP contribution in [0.25, 0.3) is 10.9 Å². The fourth-order valence-electron chi connectivity index (χ4n) is 4.15. The second-order valence-electron chi connectivity index (χ2n) is 6.18. The van der Waals surface area contributed by atoms with Crippen LogP contribution < -0.4 is 5.56 Å². The van der Waals surface area contributed by atoms with E-state index in [9.17, 15) is 4.79 Å². The summed E-state index contributed by atoms with van der Waals surface area (Å²) in [7, 11) is 0. The summed E-state index contributed by atoms with van der Waals surface area (Å²) in [5.74, 6) is 1.44. The van der Waals surface area contributed by atoms with E-state index in [1.807, 2.05) is 28.8 Å². The van der Waals surface area contributed by atoms with Crippen molar-refractivity contribution in [3.05, 3.63) is 40.4 Å². The highest BCUT2D eigenvalue weighted by Gasteiger charge is 2.37. The molecule has 2 atom stereocenters. The van der Waals surface area contributed by atoms with Gasteiger partial charge >= 0.3 is 0 Å². The van der Waals surface area contributed by atoms with Crippen LogP contribution in [0.3, 0.4) is 0 Å². The van der Waals surface area contributed by atoms with Gasteiger partial charge in [-0.25, -0.2) is 4.98 Å². The SMILES string of the molecule is CCN1CCC[C@H]2c3nc4ccccc4c(=O)n3CC[C@H]21. The predicted octanol–water partition coefficient (Wildman–Crippen LogP) is 2.37. The highest BCUT2D eigenvalue weighted by Crippen LogP contribution is 2.36. The van der Waals surface area contributed by atoms with Crippen molar-refractivity contribution in [1.82, 2.24) is 14.5 Å². The van der Waals surface area contributed by atoms with Gasteiger partial charge < -0.3 is 0 Å². The predicted molar refractivity (Wildman–Crippen MR) is 83.6 cm³/mol. The van der Waals surface area contributed by atoms with E-state index in [1.54, 1.807) is 0 Å². The van der Waals surface area contributed by atoms with Crippen molar-refractivity contribution in [2.45, 2.75) is 44.7 Å². The molecular weight excluding hydrogens is 262 g/mol. The molecule has 0 unspecified atom stereocenters. The Bertz CT molecular complexity index is 736. The molecule has 0 spiro atoms. The minimum Gasteiger partial charge on any atom is -0.300 e. The molecule has 0 amide bonds. The van der Waals surface area contributed by atoms with Crippen molar-refractivity contribution in [2.75, 3.05) is 13.1 Å². The third-order valence-electron chi connectivity index (χ3n) is 5.17. The zero-order chi connectivity index (χ0) is 14.4. The van der Waals surface area contributed by atoms with Crippen LogP contribution in [0.1, 0.15) is 37.9 Å². The Kier molecular flexibility index (Phi) is 3.07. The van der Waals surface area contributed by atoms with Gasteiger partial charge in [-0.1, -0.05) is 19.1 Å². The second kappa shape index (κ2) is 4.95. The topological polar surface area (TPSA) is 38.1 Å². The number of nitrogens with zero attached hydrogens (tertiary/aromatic N) is 3. The zero-order valence-corrected chi connectivity index (χ0v) is 12.5. The van der Waals surface area contributed by atoms with E-state index in [0.29, 0.717) is 12.0 Å². The Morgan fingerprint density at radius 2 is 2.10 bits per heavy atom. The monoisotopic (exact) mass is 283 g/mol. The smallest absolute Gasteiger partial charge is 0.261 e. The number of para-hydroxylation sites is 1. The summed E-state index contributed by atoms with van der Waals surface area (Å²) in [5.41, 5.74) is 0.991. The van der Waals surface area contributed by atoms with Crippen molar-refractivity contribution in [1.29, 1.82) is 0 Å². The maximum absolute atomic E-state index is 12.7. The number of rotatable bonds is 1. The number of fused-ring (bicyclic) bond motifs is 4. The van der Waals surface area contributed by atoms with Gasteiger partial charge in [-0.2, -0.15) is 0 Å². The molecule has 2 aliphatic heterocycles. The number of aromatic nitrogens is 2. The van der Waals surface area contributed by atoms with Gasteiger partial charge in [0.15, 0.2) is 0 Å². The molecule has 0 radical (unpaired) electrons. The lowest BCUT2D eigenvalue weighted by molar-refractivity contribution is 0.102. The van der Waals surface area contributed by atoms with E-state index >= 15 is 0 Å². The normalized spacial score (nSPS) is 25.6. The van der Waals surface area contributed by atoms with Gasteiger partial charge in [0.1, 0.15) is 5.82 Å². The highest BCUT2D eigenvalue weighted by atomic mass is 16.1. The van der Waals surface area contributed by atoms with Crippen molar-refractivity contribution >= 4 is 10.9 Å². The first-order valence-electron chi connectivity index (χ1n) is 8.03. The molecule has 0 saturated carbocycles. The van der Waals surface area contributed by atoms with Gasteiger partial charge in [-0.3, -0.25) is 14.3 Å². The van der Waals surface area contributed by atoms with E-state index < -0.39 is 0 Å². The summed E-state index contributed by atoms with van der Waals surface area (Å²) in [5, 5.41) is 0.753. The first kappa shape index (κ1) is 13.0. The van der Waals surface area contributed by atoms with E-state index in [2.05, 4.69) is 11.8 Å². The van der Waals surface area contributed by atoms with Crippen LogP contribution in [0.4, 0.5) is 0 Å². The molecule has 0 bridgehead atoms. The third-order valence-corrected chi connectivity index (χ3v) is 5.17. The number of benzene rings is 1. The van der Waals surface area contributed by atoms with E-state index in [0.717, 1.165) is 42.7 Å². The maximum atomic E-state index is 12.7. The summed E-state index contributed by atoms with van der Waals surface area (Å²) in [6.07, 6.45) is 3.44. The average Bonchev–Trinajstić information content (AvgIpc) is 2.54. The minimum atomic E-state index is 0.141. The van der Waals surface area contributed by atoms with Gasteiger partial charge in [0.2, 0.25) is 0 Å². The second-order valence-corrected chi connectivity index (χ2v) is 6.18. The molecule has 0 aliphatic carbocycles. The molecule has 21 heavy (non-hydrogen) atoms. The molecule has 1 fully saturated rings.